The van der Waals surface area contributed by atoms with Crippen LogP contribution in [0.2, 0.25) is 0 Å². The van der Waals surface area contributed by atoms with Crippen LogP contribution in [-0.2, 0) is 12.4 Å². The highest BCUT2D eigenvalue weighted by atomic mass is 19.4. The van der Waals surface area contributed by atoms with E-state index >= 15 is 0 Å². The number of benzene rings is 4. The van der Waals surface area contributed by atoms with Crippen LogP contribution in [0.5, 0.6) is 0 Å². The molecule has 0 unspecified atom stereocenters. The molecule has 188 valence electrons. The summed E-state index contributed by atoms with van der Waals surface area (Å²) < 4.78 is 78.4. The van der Waals surface area contributed by atoms with Crippen LogP contribution in [-0.4, -0.2) is 0 Å². The van der Waals surface area contributed by atoms with Crippen molar-refractivity contribution in [3.63, 3.8) is 0 Å². The summed E-state index contributed by atoms with van der Waals surface area (Å²) in [5.74, 6) is 0. The molecule has 0 spiro atoms. The molecule has 0 radical (unpaired) electrons. The van der Waals surface area contributed by atoms with Gasteiger partial charge in [-0.15, -0.1) is 0 Å². The van der Waals surface area contributed by atoms with Crippen LogP contribution in [0.15, 0.2) is 84.9 Å². The molecule has 4 aromatic rings. The van der Waals surface area contributed by atoms with Gasteiger partial charge in [0.25, 0.3) is 0 Å². The van der Waals surface area contributed by atoms with Crippen molar-refractivity contribution in [1.82, 2.24) is 0 Å². The van der Waals surface area contributed by atoms with Crippen LogP contribution in [0.25, 0.3) is 22.3 Å². The van der Waals surface area contributed by atoms with Gasteiger partial charge in [-0.25, -0.2) is 0 Å². The third-order valence-corrected chi connectivity index (χ3v) is 5.21. The Morgan fingerprint density at radius 3 is 1.39 bits per heavy atom. The first-order valence-corrected chi connectivity index (χ1v) is 10.4. The Hall–Kier alpha value is -4.34. The van der Waals surface area contributed by atoms with E-state index < -0.39 is 34.6 Å². The molecule has 0 bridgehead atoms. The van der Waals surface area contributed by atoms with Gasteiger partial charge in [0, 0.05) is 16.9 Å². The normalized spacial score (nSPS) is 11.5. The van der Waals surface area contributed by atoms with Gasteiger partial charge in [-0.3, -0.25) is 0 Å². The standard InChI is InChI=1S/C14H10F6N2.C12H12N2/c15-13(16,17)11-5-7(21)1-3-9(11)10-4-2-8(22)6-12(10)14(18,19)20;13-11-8-4-7-10(12(11)14)9-5-2-1-3-6-9/h1-6H,21-22H2;1-8H,13-14H2. The molecule has 0 heterocycles. The maximum Gasteiger partial charge on any atom is 0.417 e. The lowest BCUT2D eigenvalue weighted by atomic mass is 9.94. The number of nitrogen functional groups attached to an aromatic ring is 4. The third-order valence-electron chi connectivity index (χ3n) is 5.21. The fourth-order valence-corrected chi connectivity index (χ4v) is 3.52. The van der Waals surface area contributed by atoms with E-state index in [0.29, 0.717) is 23.5 Å². The van der Waals surface area contributed by atoms with Crippen molar-refractivity contribution in [2.24, 2.45) is 0 Å². The van der Waals surface area contributed by atoms with Crippen molar-refractivity contribution in [1.29, 1.82) is 0 Å². The van der Waals surface area contributed by atoms with E-state index in [0.717, 1.165) is 35.4 Å². The second kappa shape index (κ2) is 10.1. The Bertz CT molecular complexity index is 1290. The molecule has 0 aromatic heterocycles. The zero-order valence-corrected chi connectivity index (χ0v) is 18.7. The van der Waals surface area contributed by atoms with Crippen molar-refractivity contribution in [3.05, 3.63) is 96.1 Å². The SMILES string of the molecule is Nc1ccc(-c2ccc(N)cc2C(F)(F)F)c(C(F)(F)F)c1.Nc1cccc(-c2ccccc2)c1N. The molecule has 10 heteroatoms. The second-order valence-electron chi connectivity index (χ2n) is 7.78. The molecule has 8 N–H and O–H groups in total. The van der Waals surface area contributed by atoms with Gasteiger partial charge in [-0.1, -0.05) is 54.6 Å². The Morgan fingerprint density at radius 1 is 0.472 bits per heavy atom. The fraction of sp³-hybridized carbons (Fsp3) is 0.0769. The van der Waals surface area contributed by atoms with Crippen LogP contribution in [0.1, 0.15) is 11.1 Å². The van der Waals surface area contributed by atoms with E-state index in [4.69, 9.17) is 22.9 Å². The fourth-order valence-electron chi connectivity index (χ4n) is 3.52. The summed E-state index contributed by atoms with van der Waals surface area (Å²) in [5, 5.41) is 0. The van der Waals surface area contributed by atoms with Gasteiger partial charge in [0.05, 0.1) is 22.5 Å². The monoisotopic (exact) mass is 504 g/mol. The average molecular weight is 504 g/mol. The molecule has 0 aliphatic rings. The highest BCUT2D eigenvalue weighted by Crippen LogP contribution is 2.43. The predicted molar refractivity (Wildman–Crippen MR) is 131 cm³/mol. The molecule has 4 nitrogen and oxygen atoms in total. The van der Waals surface area contributed by atoms with Crippen molar-refractivity contribution < 1.29 is 26.3 Å². The van der Waals surface area contributed by atoms with Crippen LogP contribution in [0.4, 0.5) is 49.1 Å². The third kappa shape index (κ3) is 6.01. The molecular weight excluding hydrogens is 482 g/mol. The Morgan fingerprint density at radius 2 is 0.944 bits per heavy atom. The summed E-state index contributed by atoms with van der Waals surface area (Å²) >= 11 is 0. The summed E-state index contributed by atoms with van der Waals surface area (Å²) in [7, 11) is 0. The minimum atomic E-state index is -4.84. The van der Waals surface area contributed by atoms with Crippen LogP contribution in [0.3, 0.4) is 0 Å². The van der Waals surface area contributed by atoms with Gasteiger partial charge >= 0.3 is 12.4 Å². The van der Waals surface area contributed by atoms with E-state index in [2.05, 4.69) is 0 Å². The summed E-state index contributed by atoms with van der Waals surface area (Å²) in [6.07, 6.45) is -9.68. The maximum absolute atomic E-state index is 13.1. The Kier molecular flexibility index (Phi) is 7.37. The summed E-state index contributed by atoms with van der Waals surface area (Å²) in [4.78, 5) is 0. The first kappa shape index (κ1) is 26.3. The highest BCUT2D eigenvalue weighted by Gasteiger charge is 2.38. The topological polar surface area (TPSA) is 104 Å². The number of nitrogens with two attached hydrogens (primary N) is 4. The van der Waals surface area contributed by atoms with Gasteiger partial charge < -0.3 is 22.9 Å². The first-order valence-electron chi connectivity index (χ1n) is 10.4. The van der Waals surface area contributed by atoms with E-state index in [-0.39, 0.29) is 11.4 Å². The molecule has 0 fully saturated rings. The van der Waals surface area contributed by atoms with Crippen molar-refractivity contribution in [2.75, 3.05) is 22.9 Å². The van der Waals surface area contributed by atoms with E-state index in [1.54, 1.807) is 0 Å². The Labute approximate surface area is 203 Å². The van der Waals surface area contributed by atoms with Gasteiger partial charge in [0.1, 0.15) is 0 Å². The quantitative estimate of drug-likeness (QED) is 0.173. The number of hydrogen-bond donors (Lipinski definition) is 4. The number of hydrogen-bond acceptors (Lipinski definition) is 4. The summed E-state index contributed by atoms with van der Waals surface area (Å²) in [6.45, 7) is 0. The molecule has 0 aliphatic heterocycles. The van der Waals surface area contributed by atoms with Crippen LogP contribution >= 0.6 is 0 Å². The minimum Gasteiger partial charge on any atom is -0.399 e. The smallest absolute Gasteiger partial charge is 0.399 e. The van der Waals surface area contributed by atoms with Crippen molar-refractivity contribution >= 4 is 22.7 Å². The number of halogens is 6. The molecule has 0 amide bonds. The molecule has 0 aliphatic carbocycles. The molecular formula is C26H22F6N4. The van der Waals surface area contributed by atoms with Gasteiger partial charge in [-0.05, 0) is 47.0 Å². The molecule has 4 rings (SSSR count). The zero-order chi connectivity index (χ0) is 26.7. The largest absolute Gasteiger partial charge is 0.417 e. The highest BCUT2D eigenvalue weighted by molar-refractivity contribution is 5.84. The minimum absolute atomic E-state index is 0.194. The zero-order valence-electron chi connectivity index (χ0n) is 18.7. The lowest BCUT2D eigenvalue weighted by molar-refractivity contribution is -0.139. The second-order valence-corrected chi connectivity index (χ2v) is 7.78. The Balaban J connectivity index is 0.000000221. The van der Waals surface area contributed by atoms with E-state index in [1.807, 2.05) is 48.5 Å². The number of rotatable bonds is 2. The van der Waals surface area contributed by atoms with Crippen molar-refractivity contribution in [3.8, 4) is 22.3 Å². The lowest BCUT2D eigenvalue weighted by Gasteiger charge is -2.18. The van der Waals surface area contributed by atoms with Crippen LogP contribution in [0, 0.1) is 0 Å². The molecule has 0 saturated carbocycles. The van der Waals surface area contributed by atoms with Gasteiger partial charge in [0.2, 0.25) is 0 Å². The number of anilines is 4. The van der Waals surface area contributed by atoms with E-state index in [9.17, 15) is 26.3 Å². The molecule has 36 heavy (non-hydrogen) atoms. The molecule has 0 saturated heterocycles. The van der Waals surface area contributed by atoms with Crippen LogP contribution < -0.4 is 22.9 Å². The summed E-state index contributed by atoms with van der Waals surface area (Å²) in [6, 6.07) is 20.9. The molecule has 0 atom stereocenters. The average Bonchev–Trinajstić information content (AvgIpc) is 2.81. The summed E-state index contributed by atoms with van der Waals surface area (Å²) in [5.41, 5.74) is 21.5. The predicted octanol–water partition coefficient (Wildman–Crippen LogP) is 7.07. The molecule has 4 aromatic carbocycles. The van der Waals surface area contributed by atoms with E-state index in [1.165, 1.54) is 0 Å². The number of alkyl halides is 6. The first-order chi connectivity index (χ1) is 16.8. The lowest BCUT2D eigenvalue weighted by Crippen LogP contribution is -2.12. The van der Waals surface area contributed by atoms with Crippen molar-refractivity contribution in [2.45, 2.75) is 12.4 Å². The maximum atomic E-state index is 13.1. The number of para-hydroxylation sites is 1. The van der Waals surface area contributed by atoms with Gasteiger partial charge in [-0.2, -0.15) is 26.3 Å². The van der Waals surface area contributed by atoms with Gasteiger partial charge in [0.15, 0.2) is 0 Å².